The smallest absolute Gasteiger partial charge is 0.262 e. The van der Waals surface area contributed by atoms with Crippen LogP contribution in [0.2, 0.25) is 0 Å². The van der Waals surface area contributed by atoms with Gasteiger partial charge in [-0.2, -0.15) is 4.31 Å². The van der Waals surface area contributed by atoms with Gasteiger partial charge in [0.05, 0.1) is 0 Å². The Morgan fingerprint density at radius 1 is 1.44 bits per heavy atom. The average Bonchev–Trinajstić information content (AvgIpc) is 2.56. The lowest BCUT2D eigenvalue weighted by Gasteiger charge is -2.41. The third-order valence-electron chi connectivity index (χ3n) is 3.46. The number of aromatic nitrogens is 2. The second kappa shape index (κ2) is 4.64. The van der Waals surface area contributed by atoms with Crippen LogP contribution in [-0.4, -0.2) is 60.4 Å². The van der Waals surface area contributed by atoms with Gasteiger partial charge in [-0.05, 0) is 27.9 Å². The molecule has 1 saturated heterocycles. The summed E-state index contributed by atoms with van der Waals surface area (Å²) in [6, 6.07) is 0.314. The van der Waals surface area contributed by atoms with Crippen molar-refractivity contribution in [3.8, 4) is 0 Å². The molecule has 0 saturated carbocycles. The molecule has 1 aliphatic rings. The molecule has 0 N–H and O–H groups in total. The molecule has 1 aromatic rings. The van der Waals surface area contributed by atoms with Crippen molar-refractivity contribution in [2.45, 2.75) is 31.5 Å². The first-order valence-corrected chi connectivity index (χ1v) is 7.50. The molecule has 2 rings (SSSR count). The lowest BCUT2D eigenvalue weighted by atomic mass is 10.2. The van der Waals surface area contributed by atoms with Crippen molar-refractivity contribution < 1.29 is 8.42 Å². The van der Waals surface area contributed by atoms with Gasteiger partial charge in [0.2, 0.25) is 0 Å². The van der Waals surface area contributed by atoms with Crippen LogP contribution in [0.1, 0.15) is 12.7 Å². The fourth-order valence-electron chi connectivity index (χ4n) is 2.00. The van der Waals surface area contributed by atoms with Crippen LogP contribution in [0.15, 0.2) is 11.2 Å². The zero-order chi connectivity index (χ0) is 13.5. The van der Waals surface area contributed by atoms with Gasteiger partial charge in [-0.1, -0.05) is 0 Å². The van der Waals surface area contributed by atoms with Gasteiger partial charge in [-0.25, -0.2) is 13.4 Å². The molecule has 0 aliphatic carbocycles. The molecule has 102 valence electrons. The fourth-order valence-corrected chi connectivity index (χ4v) is 3.50. The molecule has 1 aromatic heterocycles. The second-order valence-electron chi connectivity index (χ2n) is 4.85. The first-order chi connectivity index (χ1) is 8.36. The molecular formula is C11H20N4O2S. The molecule has 1 fully saturated rings. The van der Waals surface area contributed by atoms with Crippen molar-refractivity contribution in [1.29, 1.82) is 0 Å². The predicted molar refractivity (Wildman–Crippen MR) is 68.9 cm³/mol. The maximum atomic E-state index is 12.3. The third kappa shape index (κ3) is 2.17. The third-order valence-corrected chi connectivity index (χ3v) is 5.16. The maximum absolute atomic E-state index is 12.3. The van der Waals surface area contributed by atoms with Gasteiger partial charge in [-0.15, -0.1) is 0 Å². The van der Waals surface area contributed by atoms with Crippen LogP contribution in [0.5, 0.6) is 0 Å². The lowest BCUT2D eigenvalue weighted by Crippen LogP contribution is -2.59. The molecule has 0 radical (unpaired) electrons. The van der Waals surface area contributed by atoms with E-state index < -0.39 is 10.0 Å². The van der Waals surface area contributed by atoms with E-state index in [1.165, 1.54) is 4.31 Å². The summed E-state index contributed by atoms with van der Waals surface area (Å²) in [6.45, 7) is 5.62. The maximum Gasteiger partial charge on any atom is 0.262 e. The van der Waals surface area contributed by atoms with E-state index in [1.54, 1.807) is 6.20 Å². The zero-order valence-electron chi connectivity index (χ0n) is 11.3. The van der Waals surface area contributed by atoms with Gasteiger partial charge in [0.25, 0.3) is 10.0 Å². The Bertz CT molecular complexity index is 529. The molecular weight excluding hydrogens is 252 g/mol. The van der Waals surface area contributed by atoms with Crippen LogP contribution in [0.25, 0.3) is 0 Å². The molecule has 18 heavy (non-hydrogen) atoms. The Morgan fingerprint density at radius 3 is 2.50 bits per heavy atom. The Balaban J connectivity index is 2.17. The lowest BCUT2D eigenvalue weighted by molar-refractivity contribution is 0.133. The number of hydrogen-bond acceptors (Lipinski definition) is 4. The van der Waals surface area contributed by atoms with Gasteiger partial charge in [-0.3, -0.25) is 0 Å². The summed E-state index contributed by atoms with van der Waals surface area (Å²) < 4.78 is 27.9. The van der Waals surface area contributed by atoms with Gasteiger partial charge in [0.15, 0.2) is 5.03 Å². The van der Waals surface area contributed by atoms with Crippen molar-refractivity contribution in [2.75, 3.05) is 27.2 Å². The van der Waals surface area contributed by atoms with Crippen molar-refractivity contribution in [3.05, 3.63) is 12.0 Å². The molecule has 7 heteroatoms. The summed E-state index contributed by atoms with van der Waals surface area (Å²) in [5, 5.41) is 0.166. The van der Waals surface area contributed by atoms with E-state index in [4.69, 9.17) is 0 Å². The summed E-state index contributed by atoms with van der Waals surface area (Å²) in [4.78, 5) is 6.19. The number of nitrogens with zero attached hydrogens (tertiary/aromatic N) is 4. The van der Waals surface area contributed by atoms with Crippen molar-refractivity contribution >= 4 is 10.0 Å². The van der Waals surface area contributed by atoms with Gasteiger partial charge in [0, 0.05) is 31.9 Å². The van der Waals surface area contributed by atoms with Crippen LogP contribution in [0.3, 0.4) is 0 Å². The number of aryl methyl sites for hydroxylation is 2. The fraction of sp³-hybridized carbons (Fsp3) is 0.727. The second-order valence-corrected chi connectivity index (χ2v) is 6.74. The van der Waals surface area contributed by atoms with E-state index >= 15 is 0 Å². The summed E-state index contributed by atoms with van der Waals surface area (Å²) in [5.74, 6) is 0.737. The Hall–Kier alpha value is -0.920. The first-order valence-electron chi connectivity index (χ1n) is 6.06. The van der Waals surface area contributed by atoms with E-state index in [-0.39, 0.29) is 5.03 Å². The Kier molecular flexibility index (Phi) is 3.48. The van der Waals surface area contributed by atoms with Crippen molar-refractivity contribution in [2.24, 2.45) is 0 Å². The minimum Gasteiger partial charge on any atom is -0.334 e. The molecule has 6 nitrogen and oxygen atoms in total. The Morgan fingerprint density at radius 2 is 2.06 bits per heavy atom. The standard InChI is InChI=1S/C11H20N4O2S/c1-5-14-8-11(12-9(14)2)18(16,17)15-6-10(7-15)13(3)4/h8,10H,5-7H2,1-4H3. The first kappa shape index (κ1) is 13.5. The predicted octanol–water partition coefficient (Wildman–Crippen LogP) is 0.146. The minimum atomic E-state index is -3.41. The number of sulfonamides is 1. The molecule has 2 heterocycles. The SMILES string of the molecule is CCn1cc(S(=O)(=O)N2CC(N(C)C)C2)nc1C. The monoisotopic (exact) mass is 272 g/mol. The molecule has 0 spiro atoms. The summed E-state index contributed by atoms with van der Waals surface area (Å²) in [6.07, 6.45) is 1.62. The van der Waals surface area contributed by atoms with E-state index in [9.17, 15) is 8.42 Å². The van der Waals surface area contributed by atoms with E-state index in [0.29, 0.717) is 19.1 Å². The van der Waals surface area contributed by atoms with Crippen LogP contribution in [-0.2, 0) is 16.6 Å². The number of likely N-dealkylation sites (N-methyl/N-ethyl adjacent to an activating group) is 1. The van der Waals surface area contributed by atoms with E-state index in [0.717, 1.165) is 12.4 Å². The number of imidazole rings is 1. The number of rotatable bonds is 4. The van der Waals surface area contributed by atoms with Crippen LogP contribution < -0.4 is 0 Å². The summed E-state index contributed by atoms with van der Waals surface area (Å²) >= 11 is 0. The molecule has 0 amide bonds. The summed E-state index contributed by atoms with van der Waals surface area (Å²) in [5.41, 5.74) is 0. The Labute approximate surface area is 108 Å². The highest BCUT2D eigenvalue weighted by Crippen LogP contribution is 2.22. The van der Waals surface area contributed by atoms with E-state index in [2.05, 4.69) is 4.98 Å². The van der Waals surface area contributed by atoms with E-state index in [1.807, 2.05) is 37.4 Å². The minimum absolute atomic E-state index is 0.166. The highest BCUT2D eigenvalue weighted by Gasteiger charge is 2.38. The molecule has 1 aliphatic heterocycles. The van der Waals surface area contributed by atoms with Crippen LogP contribution in [0, 0.1) is 6.92 Å². The largest absolute Gasteiger partial charge is 0.334 e. The molecule has 0 atom stereocenters. The van der Waals surface area contributed by atoms with Crippen molar-refractivity contribution in [3.63, 3.8) is 0 Å². The summed E-state index contributed by atoms with van der Waals surface area (Å²) in [7, 11) is 0.520. The normalized spacial score (nSPS) is 18.3. The quantitative estimate of drug-likeness (QED) is 0.782. The van der Waals surface area contributed by atoms with Crippen LogP contribution in [0.4, 0.5) is 0 Å². The molecule has 0 bridgehead atoms. The van der Waals surface area contributed by atoms with Gasteiger partial charge < -0.3 is 9.47 Å². The van der Waals surface area contributed by atoms with Gasteiger partial charge in [0.1, 0.15) is 5.82 Å². The molecule has 0 aromatic carbocycles. The topological polar surface area (TPSA) is 58.4 Å². The highest BCUT2D eigenvalue weighted by molar-refractivity contribution is 7.89. The number of hydrogen-bond donors (Lipinski definition) is 0. The zero-order valence-corrected chi connectivity index (χ0v) is 12.1. The van der Waals surface area contributed by atoms with Crippen molar-refractivity contribution in [1.82, 2.24) is 18.8 Å². The van der Waals surface area contributed by atoms with Crippen LogP contribution >= 0.6 is 0 Å². The van der Waals surface area contributed by atoms with Gasteiger partial charge >= 0.3 is 0 Å². The molecule has 0 unspecified atom stereocenters. The highest BCUT2D eigenvalue weighted by atomic mass is 32.2. The average molecular weight is 272 g/mol.